The maximum atomic E-state index is 12.8. The molecule has 1 heterocycles. The first-order valence-corrected chi connectivity index (χ1v) is 12.7. The summed E-state index contributed by atoms with van der Waals surface area (Å²) >= 11 is 7.31. The van der Waals surface area contributed by atoms with Crippen LogP contribution in [0.25, 0.3) is 0 Å². The number of anilines is 1. The highest BCUT2D eigenvalue weighted by atomic mass is 32.1. The highest BCUT2D eigenvalue weighted by Gasteiger charge is 2.26. The minimum Gasteiger partial charge on any atom is -0.462 e. The van der Waals surface area contributed by atoms with Crippen LogP contribution in [0.3, 0.4) is 0 Å². The van der Waals surface area contributed by atoms with Crippen LogP contribution in [0.4, 0.5) is 5.00 Å². The number of nitrogens with one attached hydrogen (secondary N) is 2. The van der Waals surface area contributed by atoms with E-state index in [-0.39, 0.29) is 12.0 Å². The number of aryl methyl sites for hydroxylation is 1. The first-order valence-electron chi connectivity index (χ1n) is 11.4. The van der Waals surface area contributed by atoms with Crippen LogP contribution in [0.1, 0.15) is 97.3 Å². The number of esters is 1. The van der Waals surface area contributed by atoms with Gasteiger partial charge in [-0.05, 0) is 73.9 Å². The van der Waals surface area contributed by atoms with Crippen molar-refractivity contribution < 1.29 is 9.53 Å². The largest absolute Gasteiger partial charge is 0.462 e. The van der Waals surface area contributed by atoms with Gasteiger partial charge in [0, 0.05) is 4.88 Å². The van der Waals surface area contributed by atoms with Gasteiger partial charge in [-0.15, -0.1) is 11.3 Å². The molecule has 1 aromatic carbocycles. The lowest BCUT2D eigenvalue weighted by molar-refractivity contribution is 0.0527. The Labute approximate surface area is 195 Å². The number of rotatable bonds is 7. The molecule has 3 rings (SSSR count). The van der Waals surface area contributed by atoms with E-state index in [2.05, 4.69) is 55.7 Å². The molecule has 1 unspecified atom stereocenters. The van der Waals surface area contributed by atoms with Crippen molar-refractivity contribution >= 4 is 39.6 Å². The minimum absolute atomic E-state index is 0.116. The summed E-state index contributed by atoms with van der Waals surface area (Å²) in [6, 6.07) is 8.85. The van der Waals surface area contributed by atoms with E-state index in [0.29, 0.717) is 23.2 Å². The van der Waals surface area contributed by atoms with E-state index in [9.17, 15) is 4.79 Å². The Bertz CT molecular complexity index is 903. The zero-order chi connectivity index (χ0) is 22.4. The lowest BCUT2D eigenvalue weighted by atomic mass is 9.98. The third-order valence-electron chi connectivity index (χ3n) is 5.85. The molecule has 1 aliphatic rings. The van der Waals surface area contributed by atoms with Gasteiger partial charge in [0.05, 0.1) is 18.2 Å². The summed E-state index contributed by atoms with van der Waals surface area (Å²) in [7, 11) is 0. The van der Waals surface area contributed by atoms with Gasteiger partial charge in [0.15, 0.2) is 5.11 Å². The average Bonchev–Trinajstić information content (AvgIpc) is 2.92. The first kappa shape index (κ1) is 23.7. The van der Waals surface area contributed by atoms with E-state index >= 15 is 0 Å². The van der Waals surface area contributed by atoms with Crippen LogP contribution >= 0.6 is 23.6 Å². The number of hydrogen-bond acceptors (Lipinski definition) is 4. The second kappa shape index (κ2) is 11.1. The van der Waals surface area contributed by atoms with E-state index in [1.54, 1.807) is 11.3 Å². The molecule has 4 nitrogen and oxygen atoms in total. The normalized spacial score (nSPS) is 14.5. The topological polar surface area (TPSA) is 50.4 Å². The van der Waals surface area contributed by atoms with E-state index in [1.165, 1.54) is 28.8 Å². The molecule has 168 valence electrons. The predicted molar refractivity (Wildman–Crippen MR) is 134 cm³/mol. The molecule has 0 radical (unpaired) electrons. The van der Waals surface area contributed by atoms with Crippen molar-refractivity contribution in [3.63, 3.8) is 0 Å². The fraction of sp³-hybridized carbons (Fsp3) is 0.520. The summed E-state index contributed by atoms with van der Waals surface area (Å²) in [5.74, 6) is 0.267. The highest BCUT2D eigenvalue weighted by molar-refractivity contribution is 7.80. The second-order valence-corrected chi connectivity index (χ2v) is 9.88. The molecular formula is C25H34N2O2S2. The van der Waals surface area contributed by atoms with Gasteiger partial charge in [-0.1, -0.05) is 51.5 Å². The van der Waals surface area contributed by atoms with Crippen molar-refractivity contribution in [3.8, 4) is 0 Å². The molecular weight excluding hydrogens is 424 g/mol. The molecule has 0 saturated heterocycles. The van der Waals surface area contributed by atoms with Crippen LogP contribution in [0.5, 0.6) is 0 Å². The van der Waals surface area contributed by atoms with Crippen molar-refractivity contribution in [2.75, 3.05) is 11.9 Å². The Morgan fingerprint density at radius 3 is 2.42 bits per heavy atom. The molecule has 2 N–H and O–H groups in total. The summed E-state index contributed by atoms with van der Waals surface area (Å²) in [4.78, 5) is 14.1. The summed E-state index contributed by atoms with van der Waals surface area (Å²) < 4.78 is 5.38. The summed E-state index contributed by atoms with van der Waals surface area (Å²) in [6.45, 7) is 8.77. The van der Waals surface area contributed by atoms with Gasteiger partial charge >= 0.3 is 5.97 Å². The molecule has 0 bridgehead atoms. The van der Waals surface area contributed by atoms with Crippen LogP contribution in [0, 0.1) is 0 Å². The third kappa shape index (κ3) is 5.86. The first-order chi connectivity index (χ1) is 14.9. The second-order valence-electron chi connectivity index (χ2n) is 8.37. The van der Waals surface area contributed by atoms with Gasteiger partial charge < -0.3 is 15.4 Å². The van der Waals surface area contributed by atoms with Crippen molar-refractivity contribution in [3.05, 3.63) is 51.4 Å². The summed E-state index contributed by atoms with van der Waals surface area (Å²) in [5, 5.41) is 8.13. The summed E-state index contributed by atoms with van der Waals surface area (Å²) in [5.41, 5.74) is 4.38. The van der Waals surface area contributed by atoms with Crippen molar-refractivity contribution in [2.24, 2.45) is 0 Å². The molecule has 0 saturated carbocycles. The molecule has 2 aromatic rings. The quantitative estimate of drug-likeness (QED) is 0.273. The molecule has 0 amide bonds. The average molecular weight is 459 g/mol. The Morgan fingerprint density at radius 1 is 1.10 bits per heavy atom. The predicted octanol–water partition coefficient (Wildman–Crippen LogP) is 6.75. The van der Waals surface area contributed by atoms with Crippen LogP contribution < -0.4 is 10.6 Å². The monoisotopic (exact) mass is 458 g/mol. The number of thiocarbonyl (C=S) groups is 1. The van der Waals surface area contributed by atoms with Crippen molar-refractivity contribution in [1.29, 1.82) is 0 Å². The Morgan fingerprint density at radius 2 is 1.77 bits per heavy atom. The number of carbonyl (C=O) groups excluding carboxylic acids is 1. The molecule has 1 aromatic heterocycles. The minimum atomic E-state index is -0.247. The molecule has 0 aliphatic heterocycles. The van der Waals surface area contributed by atoms with Gasteiger partial charge in [0.2, 0.25) is 0 Å². The molecule has 1 aliphatic carbocycles. The van der Waals surface area contributed by atoms with Crippen LogP contribution in [0.15, 0.2) is 24.3 Å². The molecule has 0 fully saturated rings. The van der Waals surface area contributed by atoms with Gasteiger partial charge in [-0.25, -0.2) is 4.79 Å². The SMILES string of the molecule is CCOC(=O)c1c(NC(=S)NC(CC)c2ccc(C(C)C)cc2)sc2c1CCCCC2. The number of benzene rings is 1. The Hall–Kier alpha value is -1.92. The van der Waals surface area contributed by atoms with Crippen LogP contribution in [-0.2, 0) is 17.6 Å². The van der Waals surface area contributed by atoms with Gasteiger partial charge in [0.25, 0.3) is 0 Å². The fourth-order valence-electron chi connectivity index (χ4n) is 4.08. The molecule has 6 heteroatoms. The van der Waals surface area contributed by atoms with Gasteiger partial charge in [0.1, 0.15) is 5.00 Å². The van der Waals surface area contributed by atoms with Crippen molar-refractivity contribution in [1.82, 2.24) is 5.32 Å². The van der Waals surface area contributed by atoms with Crippen LogP contribution in [0.2, 0.25) is 0 Å². The van der Waals surface area contributed by atoms with E-state index in [4.69, 9.17) is 17.0 Å². The third-order valence-corrected chi connectivity index (χ3v) is 7.27. The standard InChI is InChI=1S/C25H34N2O2S2/c1-5-20(18-14-12-17(13-15-18)16(3)4)26-25(30)27-23-22(24(28)29-6-2)19-10-8-7-9-11-21(19)31-23/h12-16,20H,5-11H2,1-4H3,(H2,26,27,30). The van der Waals surface area contributed by atoms with Crippen LogP contribution in [-0.4, -0.2) is 17.7 Å². The highest BCUT2D eigenvalue weighted by Crippen LogP contribution is 2.38. The van der Waals surface area contributed by atoms with Gasteiger partial charge in [-0.3, -0.25) is 0 Å². The van der Waals surface area contributed by atoms with Gasteiger partial charge in [-0.2, -0.15) is 0 Å². The Balaban J connectivity index is 1.78. The fourth-order valence-corrected chi connectivity index (χ4v) is 5.67. The zero-order valence-electron chi connectivity index (χ0n) is 19.0. The number of carbonyl (C=O) groups is 1. The van der Waals surface area contributed by atoms with Crippen molar-refractivity contribution in [2.45, 2.75) is 78.2 Å². The molecule has 0 spiro atoms. The Kier molecular flexibility index (Phi) is 8.50. The molecule has 31 heavy (non-hydrogen) atoms. The molecule has 1 atom stereocenters. The smallest absolute Gasteiger partial charge is 0.341 e. The van der Waals surface area contributed by atoms with E-state index in [1.807, 2.05) is 6.92 Å². The van der Waals surface area contributed by atoms with E-state index < -0.39 is 0 Å². The number of hydrogen-bond donors (Lipinski definition) is 2. The number of ether oxygens (including phenoxy) is 1. The van der Waals surface area contributed by atoms with E-state index in [0.717, 1.165) is 36.2 Å². The maximum Gasteiger partial charge on any atom is 0.341 e. The lowest BCUT2D eigenvalue weighted by Crippen LogP contribution is -2.32. The zero-order valence-corrected chi connectivity index (χ0v) is 20.7. The summed E-state index contributed by atoms with van der Waals surface area (Å²) in [6.07, 6.45) is 6.36. The number of fused-ring (bicyclic) bond motifs is 1. The maximum absolute atomic E-state index is 12.8. The lowest BCUT2D eigenvalue weighted by Gasteiger charge is -2.20. The number of thiophene rings is 1.